The number of halogens is 3. The van der Waals surface area contributed by atoms with Crippen molar-refractivity contribution in [1.82, 2.24) is 24.7 Å². The zero-order chi connectivity index (χ0) is 29.4. The van der Waals surface area contributed by atoms with Crippen molar-refractivity contribution in [3.8, 4) is 16.9 Å². The lowest BCUT2D eigenvalue weighted by Gasteiger charge is -2.25. The largest absolute Gasteiger partial charge is 0.497 e. The number of benzene rings is 1. The van der Waals surface area contributed by atoms with Crippen molar-refractivity contribution in [2.24, 2.45) is 7.05 Å². The van der Waals surface area contributed by atoms with Crippen LogP contribution in [-0.2, 0) is 17.9 Å². The van der Waals surface area contributed by atoms with Crippen LogP contribution < -0.4 is 30.8 Å². The maximum atomic E-state index is 13.5. The van der Waals surface area contributed by atoms with Crippen LogP contribution in [0.2, 0.25) is 0 Å². The summed E-state index contributed by atoms with van der Waals surface area (Å²) in [6.07, 6.45) is -0.981. The minimum atomic E-state index is -4.60. The van der Waals surface area contributed by atoms with Crippen LogP contribution in [0, 0.1) is 6.92 Å². The predicted molar refractivity (Wildman–Crippen MR) is 141 cm³/mol. The third kappa shape index (κ3) is 6.07. The van der Waals surface area contributed by atoms with Crippen molar-refractivity contribution < 1.29 is 31.1 Å². The van der Waals surface area contributed by atoms with Crippen molar-refractivity contribution in [2.75, 3.05) is 17.4 Å². The first-order valence-electron chi connectivity index (χ1n) is 11.5. The third-order valence-corrected chi connectivity index (χ3v) is 6.22. The van der Waals surface area contributed by atoms with E-state index in [-0.39, 0.29) is 28.6 Å². The van der Waals surface area contributed by atoms with Crippen LogP contribution in [0.15, 0.2) is 53.2 Å². The molecule has 4 rings (SSSR count). The minimum Gasteiger partial charge on any atom is -0.497 e. The molecule has 12 nitrogen and oxygen atoms in total. The van der Waals surface area contributed by atoms with Gasteiger partial charge in [0.05, 0.1) is 7.11 Å². The normalized spacial score (nSPS) is 15.2. The Bertz CT molecular complexity index is 1640. The van der Waals surface area contributed by atoms with E-state index >= 15 is 0 Å². The van der Waals surface area contributed by atoms with Gasteiger partial charge in [-0.15, -0.1) is 0 Å². The molecule has 1 amide bonds. The zero-order valence-corrected chi connectivity index (χ0v) is 22.4. The Hall–Kier alpha value is -4.44. The number of alkyl halides is 3. The average Bonchev–Trinajstić information content (AvgIpc) is 3.26. The first-order chi connectivity index (χ1) is 18.8. The fourth-order valence-corrected chi connectivity index (χ4v) is 4.32. The molecule has 0 spiro atoms. The van der Waals surface area contributed by atoms with E-state index in [1.165, 1.54) is 33.5 Å². The second kappa shape index (κ2) is 11.0. The lowest BCUT2D eigenvalue weighted by Crippen LogP contribution is -2.45. The first kappa shape index (κ1) is 28.6. The fraction of sp³-hybridized carbons (Fsp3) is 0.250. The van der Waals surface area contributed by atoms with E-state index in [1.54, 1.807) is 22.9 Å². The molecule has 3 aromatic rings. The first-order valence-corrected chi connectivity index (χ1v) is 12.7. The van der Waals surface area contributed by atoms with Crippen LogP contribution in [0.3, 0.4) is 0 Å². The van der Waals surface area contributed by atoms with Crippen LogP contribution in [0.25, 0.3) is 11.1 Å². The van der Waals surface area contributed by atoms with E-state index in [9.17, 15) is 31.2 Å². The summed E-state index contributed by atoms with van der Waals surface area (Å²) in [4.78, 5) is 33.7. The number of nitrogens with one attached hydrogen (secondary N) is 3. The molecule has 1 unspecified atom stereocenters. The number of methoxy groups -OCH3 is 1. The summed E-state index contributed by atoms with van der Waals surface area (Å²) in [5.41, 5.74) is 2.97. The number of thiol groups is 1. The molecular formula is C24H24F3N7O5S. The molecule has 40 heavy (non-hydrogen) atoms. The summed E-state index contributed by atoms with van der Waals surface area (Å²) in [6.45, 7) is 3.30. The molecule has 0 fully saturated rings. The maximum absolute atomic E-state index is 13.5. The molecule has 3 heterocycles. The monoisotopic (exact) mass is 579 g/mol. The quantitative estimate of drug-likeness (QED) is 0.308. The van der Waals surface area contributed by atoms with Gasteiger partial charge in [-0.1, -0.05) is 0 Å². The van der Waals surface area contributed by atoms with E-state index in [0.29, 0.717) is 11.4 Å². The van der Waals surface area contributed by atoms with Crippen LogP contribution in [0.5, 0.6) is 5.75 Å². The third-order valence-electron chi connectivity index (χ3n) is 5.84. The van der Waals surface area contributed by atoms with Crippen LogP contribution in [0.4, 0.5) is 30.6 Å². The van der Waals surface area contributed by atoms with E-state index in [4.69, 9.17) is 4.74 Å². The summed E-state index contributed by atoms with van der Waals surface area (Å²) in [6, 6.07) is 4.39. The number of rotatable bonds is 7. The van der Waals surface area contributed by atoms with Crippen molar-refractivity contribution in [3.63, 3.8) is 0 Å². The summed E-state index contributed by atoms with van der Waals surface area (Å²) in [7, 11) is -0.504. The van der Waals surface area contributed by atoms with Gasteiger partial charge in [0.1, 0.15) is 17.4 Å². The van der Waals surface area contributed by atoms with Gasteiger partial charge in [0.2, 0.25) is 16.8 Å². The highest BCUT2D eigenvalue weighted by atomic mass is 32.2. The topological polar surface area (TPSA) is 148 Å². The molecule has 212 valence electrons. The van der Waals surface area contributed by atoms with Crippen LogP contribution in [-0.4, -0.2) is 48.2 Å². The number of allylic oxidation sites excluding steroid dienone is 1. The van der Waals surface area contributed by atoms with E-state index in [0.717, 1.165) is 27.3 Å². The summed E-state index contributed by atoms with van der Waals surface area (Å²) < 4.78 is 70.6. The van der Waals surface area contributed by atoms with Gasteiger partial charge in [0.15, 0.2) is 5.82 Å². The molecule has 0 saturated carbocycles. The van der Waals surface area contributed by atoms with E-state index < -0.39 is 40.1 Å². The Morgan fingerprint density at radius 3 is 2.52 bits per heavy atom. The Labute approximate surface area is 227 Å². The van der Waals surface area contributed by atoms with Crippen molar-refractivity contribution >= 4 is 34.3 Å². The highest BCUT2D eigenvalue weighted by Crippen LogP contribution is 2.35. The maximum Gasteiger partial charge on any atom is 0.409 e. The number of anilines is 3. The molecule has 0 aliphatic carbocycles. The number of amides is 1. The smallest absolute Gasteiger partial charge is 0.409 e. The lowest BCUT2D eigenvalue weighted by atomic mass is 10.1. The highest BCUT2D eigenvalue weighted by molar-refractivity contribution is 7.71. The number of aryl methyl sites for hydroxylation is 2. The van der Waals surface area contributed by atoms with Gasteiger partial charge in [-0.3, -0.25) is 19.3 Å². The van der Waals surface area contributed by atoms with Gasteiger partial charge < -0.3 is 14.6 Å². The molecule has 0 bridgehead atoms. The number of hydrogen-bond acceptors (Lipinski definition) is 10. The predicted octanol–water partition coefficient (Wildman–Crippen LogP) is 2.32. The van der Waals surface area contributed by atoms with Crippen LogP contribution >= 0.6 is 0 Å². The number of hydrogen-bond donors (Lipinski definition) is 4. The molecule has 1 aromatic carbocycles. The number of carbonyl (C=O) groups is 1. The fourth-order valence-electron chi connectivity index (χ4n) is 4.03. The van der Waals surface area contributed by atoms with Gasteiger partial charge in [-0.25, -0.2) is 18.8 Å². The Morgan fingerprint density at radius 2 is 1.90 bits per heavy atom. The number of nitrogens with zero attached hydrogens (tertiary/aromatic N) is 4. The molecule has 3 N–H and O–H groups in total. The number of ether oxygens (including phenoxy) is 1. The van der Waals surface area contributed by atoms with E-state index in [1.807, 2.05) is 6.92 Å². The van der Waals surface area contributed by atoms with Gasteiger partial charge in [0.25, 0.3) is 11.5 Å². The van der Waals surface area contributed by atoms with Crippen molar-refractivity contribution in [3.05, 3.63) is 69.9 Å². The van der Waals surface area contributed by atoms with Crippen molar-refractivity contribution in [1.29, 1.82) is 0 Å². The number of hydrazine groups is 1. The van der Waals surface area contributed by atoms with Gasteiger partial charge in [-0.2, -0.15) is 18.2 Å². The molecule has 1 aliphatic rings. The summed E-state index contributed by atoms with van der Waals surface area (Å²) in [5, 5.41) is 4.13. The van der Waals surface area contributed by atoms with Gasteiger partial charge >= 0.3 is 6.18 Å². The second-order valence-electron chi connectivity index (χ2n) is 8.84. The molecule has 1 atom stereocenters. The summed E-state index contributed by atoms with van der Waals surface area (Å²) >= 11 is 0. The molecule has 0 saturated heterocycles. The second-order valence-corrected chi connectivity index (χ2v) is 9.58. The van der Waals surface area contributed by atoms with Gasteiger partial charge in [0, 0.05) is 48.0 Å². The minimum absolute atomic E-state index is 0.0301. The zero-order valence-electron chi connectivity index (χ0n) is 21.5. The summed E-state index contributed by atoms with van der Waals surface area (Å²) in [5.74, 6) is -0.608. The Morgan fingerprint density at radius 1 is 1.18 bits per heavy atom. The number of pyridine rings is 1. The molecule has 2 aromatic heterocycles. The highest BCUT2D eigenvalue weighted by Gasteiger charge is 2.43. The standard InChI is InChI=1S/C24H24F3N7O5S/c1-12-5-15(9-16(6-12)39-4)29-23-28-10-18(20(30-23)34-13(2)7-19(31-34)24(25,26)27)14-8-17(21(35)32-40(37)38)22(36)33(3)11-14/h5-11,19,31,40H,1-4H3,(H,28,29,30)(H,32,35,37,38). The van der Waals surface area contributed by atoms with Crippen molar-refractivity contribution in [2.45, 2.75) is 26.1 Å². The number of carbonyl (C=O) groups excluding carboxylic acids is 1. The average molecular weight is 580 g/mol. The number of aromatic nitrogens is 3. The molecule has 1 aliphatic heterocycles. The molecule has 16 heteroatoms. The Balaban J connectivity index is 1.85. The van der Waals surface area contributed by atoms with Gasteiger partial charge in [-0.05, 0) is 43.7 Å². The van der Waals surface area contributed by atoms with Crippen LogP contribution in [0.1, 0.15) is 22.8 Å². The lowest BCUT2D eigenvalue weighted by molar-refractivity contribution is -0.142. The van der Waals surface area contributed by atoms with E-state index in [2.05, 4.69) is 20.7 Å². The molecule has 0 radical (unpaired) electrons. The molecular weight excluding hydrogens is 555 g/mol. The Kier molecular flexibility index (Phi) is 7.84. The SMILES string of the molecule is COc1cc(C)cc(Nc2ncc(-c3cc(C(=O)N[SH](=O)=O)c(=O)n(C)c3)c(N3NC(C(F)(F)F)C=C3C)n2)c1.